The zero-order chi connectivity index (χ0) is 18.2. The molecule has 5 heteroatoms. The fourth-order valence-corrected chi connectivity index (χ4v) is 2.46. The van der Waals surface area contributed by atoms with E-state index in [1.807, 2.05) is 50.2 Å². The van der Waals surface area contributed by atoms with Crippen molar-refractivity contribution in [1.82, 2.24) is 4.90 Å². The third-order valence-electron chi connectivity index (χ3n) is 3.97. The van der Waals surface area contributed by atoms with E-state index < -0.39 is 5.82 Å². The summed E-state index contributed by atoms with van der Waals surface area (Å²) in [5.41, 5.74) is 2.20. The Balaban J connectivity index is 1.86. The molecule has 0 saturated heterocycles. The van der Waals surface area contributed by atoms with Crippen LogP contribution in [0.2, 0.25) is 0 Å². The molecule has 0 fully saturated rings. The lowest BCUT2D eigenvalue weighted by Crippen LogP contribution is -2.31. The van der Waals surface area contributed by atoms with Gasteiger partial charge < -0.3 is 14.5 Å². The maximum atomic E-state index is 13.5. The van der Waals surface area contributed by atoms with Gasteiger partial charge in [0, 0.05) is 32.9 Å². The SMILES string of the molecule is CCN(Cc1ccc(N(C)C)cc1)C(=O)CCOc1ccccc1F. The van der Waals surface area contributed by atoms with E-state index in [9.17, 15) is 9.18 Å². The fraction of sp³-hybridized carbons (Fsp3) is 0.350. The number of rotatable bonds is 8. The lowest BCUT2D eigenvalue weighted by molar-refractivity contribution is -0.132. The number of benzene rings is 2. The van der Waals surface area contributed by atoms with E-state index in [1.54, 1.807) is 23.1 Å². The number of anilines is 1. The minimum absolute atomic E-state index is 0.00414. The standard InChI is InChI=1S/C20H25FN2O2/c1-4-23(15-16-9-11-17(12-10-16)22(2)3)20(24)13-14-25-19-8-6-5-7-18(19)21/h5-12H,4,13-15H2,1-3H3. The highest BCUT2D eigenvalue weighted by atomic mass is 19.1. The van der Waals surface area contributed by atoms with E-state index in [1.165, 1.54) is 6.07 Å². The van der Waals surface area contributed by atoms with Crippen molar-refractivity contribution >= 4 is 11.6 Å². The van der Waals surface area contributed by atoms with Crippen LogP contribution >= 0.6 is 0 Å². The molecule has 0 aliphatic rings. The van der Waals surface area contributed by atoms with Crippen molar-refractivity contribution in [2.24, 2.45) is 0 Å². The Morgan fingerprint density at radius 3 is 2.36 bits per heavy atom. The molecule has 1 amide bonds. The molecule has 0 atom stereocenters. The molecule has 0 aromatic heterocycles. The number of halogens is 1. The third-order valence-corrected chi connectivity index (χ3v) is 3.97. The van der Waals surface area contributed by atoms with E-state index in [0.29, 0.717) is 13.1 Å². The molecule has 0 spiro atoms. The van der Waals surface area contributed by atoms with Crippen LogP contribution in [0.4, 0.5) is 10.1 Å². The number of ether oxygens (including phenoxy) is 1. The molecule has 0 unspecified atom stereocenters. The summed E-state index contributed by atoms with van der Waals surface area (Å²) in [5.74, 6) is -0.239. The van der Waals surface area contributed by atoms with Crippen LogP contribution < -0.4 is 9.64 Å². The molecule has 2 rings (SSSR count). The predicted octanol–water partition coefficient (Wildman–Crippen LogP) is 3.71. The van der Waals surface area contributed by atoms with Crippen LogP contribution in [-0.2, 0) is 11.3 Å². The van der Waals surface area contributed by atoms with Crippen LogP contribution in [-0.4, -0.2) is 38.1 Å². The Bertz CT molecular complexity index is 686. The van der Waals surface area contributed by atoms with Gasteiger partial charge in [-0.05, 0) is 36.8 Å². The van der Waals surface area contributed by atoms with Crippen molar-refractivity contribution in [3.63, 3.8) is 0 Å². The smallest absolute Gasteiger partial charge is 0.226 e. The number of amides is 1. The first-order valence-corrected chi connectivity index (χ1v) is 8.42. The lowest BCUT2D eigenvalue weighted by Gasteiger charge is -2.22. The van der Waals surface area contributed by atoms with Crippen LogP contribution in [0.25, 0.3) is 0 Å². The van der Waals surface area contributed by atoms with Gasteiger partial charge >= 0.3 is 0 Å². The average Bonchev–Trinajstić information content (AvgIpc) is 2.61. The maximum Gasteiger partial charge on any atom is 0.226 e. The average molecular weight is 344 g/mol. The Hall–Kier alpha value is -2.56. The second-order valence-electron chi connectivity index (χ2n) is 6.00. The number of para-hydroxylation sites is 1. The van der Waals surface area contributed by atoms with E-state index in [4.69, 9.17) is 4.74 Å². The van der Waals surface area contributed by atoms with E-state index in [2.05, 4.69) is 0 Å². The molecule has 0 heterocycles. The number of hydrogen-bond donors (Lipinski definition) is 0. The summed E-state index contributed by atoms with van der Waals surface area (Å²) < 4.78 is 18.9. The highest BCUT2D eigenvalue weighted by molar-refractivity contribution is 5.76. The van der Waals surface area contributed by atoms with Gasteiger partial charge in [0.2, 0.25) is 5.91 Å². The van der Waals surface area contributed by atoms with Crippen molar-refractivity contribution in [1.29, 1.82) is 0 Å². The molecule has 0 bridgehead atoms. The van der Waals surface area contributed by atoms with Gasteiger partial charge in [0.15, 0.2) is 11.6 Å². The summed E-state index contributed by atoms with van der Waals surface area (Å²) in [6.45, 7) is 3.29. The molecule has 2 aromatic carbocycles. The van der Waals surface area contributed by atoms with Crippen molar-refractivity contribution in [3.05, 3.63) is 59.9 Å². The number of carbonyl (C=O) groups is 1. The minimum Gasteiger partial charge on any atom is -0.490 e. The molecule has 134 valence electrons. The molecule has 25 heavy (non-hydrogen) atoms. The van der Waals surface area contributed by atoms with Crippen LogP contribution in [0, 0.1) is 5.82 Å². The number of hydrogen-bond acceptors (Lipinski definition) is 3. The monoisotopic (exact) mass is 344 g/mol. The highest BCUT2D eigenvalue weighted by Gasteiger charge is 2.13. The molecular formula is C20H25FN2O2. The van der Waals surface area contributed by atoms with Gasteiger partial charge in [-0.2, -0.15) is 0 Å². The van der Waals surface area contributed by atoms with Gasteiger partial charge in [-0.25, -0.2) is 4.39 Å². The largest absolute Gasteiger partial charge is 0.490 e. The first-order valence-electron chi connectivity index (χ1n) is 8.42. The molecule has 0 saturated carbocycles. The maximum absolute atomic E-state index is 13.5. The quantitative estimate of drug-likeness (QED) is 0.732. The molecule has 2 aromatic rings. The van der Waals surface area contributed by atoms with Gasteiger partial charge in [0.25, 0.3) is 0 Å². The van der Waals surface area contributed by atoms with Gasteiger partial charge in [-0.1, -0.05) is 24.3 Å². The zero-order valence-corrected chi connectivity index (χ0v) is 15.0. The summed E-state index contributed by atoms with van der Waals surface area (Å²) in [5, 5.41) is 0. The topological polar surface area (TPSA) is 32.8 Å². The van der Waals surface area contributed by atoms with Gasteiger partial charge in [0.05, 0.1) is 13.0 Å². The zero-order valence-electron chi connectivity index (χ0n) is 15.0. The summed E-state index contributed by atoms with van der Waals surface area (Å²) >= 11 is 0. The third kappa shape index (κ3) is 5.48. The number of carbonyl (C=O) groups excluding carboxylic acids is 1. The predicted molar refractivity (Wildman–Crippen MR) is 98.4 cm³/mol. The van der Waals surface area contributed by atoms with Crippen molar-refractivity contribution in [2.45, 2.75) is 19.9 Å². The van der Waals surface area contributed by atoms with Crippen molar-refractivity contribution in [2.75, 3.05) is 32.1 Å². The van der Waals surface area contributed by atoms with E-state index >= 15 is 0 Å². The molecule has 0 N–H and O–H groups in total. The second kappa shape index (κ2) is 9.06. The van der Waals surface area contributed by atoms with E-state index in [-0.39, 0.29) is 24.7 Å². The van der Waals surface area contributed by atoms with Crippen LogP contribution in [0.5, 0.6) is 5.75 Å². The summed E-state index contributed by atoms with van der Waals surface area (Å²) in [4.78, 5) is 16.2. The summed E-state index contributed by atoms with van der Waals surface area (Å²) in [6, 6.07) is 14.3. The Morgan fingerprint density at radius 1 is 1.08 bits per heavy atom. The first-order chi connectivity index (χ1) is 12.0. The van der Waals surface area contributed by atoms with Crippen LogP contribution in [0.1, 0.15) is 18.9 Å². The van der Waals surface area contributed by atoms with Gasteiger partial charge in [-0.3, -0.25) is 4.79 Å². The van der Waals surface area contributed by atoms with Crippen LogP contribution in [0.3, 0.4) is 0 Å². The first kappa shape index (κ1) is 18.8. The summed E-state index contributed by atoms with van der Waals surface area (Å²) in [6.07, 6.45) is 0.220. The van der Waals surface area contributed by atoms with Crippen molar-refractivity contribution in [3.8, 4) is 5.75 Å². The minimum atomic E-state index is -0.414. The highest BCUT2D eigenvalue weighted by Crippen LogP contribution is 2.16. The fourth-order valence-electron chi connectivity index (χ4n) is 2.46. The van der Waals surface area contributed by atoms with Gasteiger partial charge in [0.1, 0.15) is 0 Å². The molecular weight excluding hydrogens is 319 g/mol. The molecule has 0 aliphatic carbocycles. The second-order valence-corrected chi connectivity index (χ2v) is 6.00. The Kier molecular flexibility index (Phi) is 6.81. The lowest BCUT2D eigenvalue weighted by atomic mass is 10.2. The van der Waals surface area contributed by atoms with Crippen LogP contribution in [0.15, 0.2) is 48.5 Å². The number of nitrogens with zero attached hydrogens (tertiary/aromatic N) is 2. The molecule has 0 radical (unpaired) electrons. The molecule has 0 aliphatic heterocycles. The summed E-state index contributed by atoms with van der Waals surface area (Å²) in [7, 11) is 3.99. The Morgan fingerprint density at radius 2 is 1.76 bits per heavy atom. The van der Waals surface area contributed by atoms with Gasteiger partial charge in [-0.15, -0.1) is 0 Å². The molecule has 4 nitrogen and oxygen atoms in total. The van der Waals surface area contributed by atoms with Crippen molar-refractivity contribution < 1.29 is 13.9 Å². The Labute approximate surface area is 148 Å². The van der Waals surface area contributed by atoms with E-state index in [0.717, 1.165) is 11.3 Å². The normalized spacial score (nSPS) is 10.4.